The van der Waals surface area contributed by atoms with Crippen LogP contribution in [0, 0.1) is 0 Å². The zero-order chi connectivity index (χ0) is 40.5. The maximum atomic E-state index is 12.6. The fraction of sp³-hybridized carbons (Fsp3) is 0.837. The molecule has 11 nitrogen and oxygen atoms in total. The first kappa shape index (κ1) is 53.0. The minimum Gasteiger partial charge on any atom is -0.480 e. The number of hydrogen-bond donors (Lipinski definition) is 3. The largest absolute Gasteiger partial charge is 0.480 e. The highest BCUT2D eigenvalue weighted by Crippen LogP contribution is 2.43. The number of carboxylic acid groups (broad SMARTS) is 1. The highest BCUT2D eigenvalue weighted by atomic mass is 31.2. The molecule has 0 aliphatic carbocycles. The van der Waals surface area contributed by atoms with Crippen LogP contribution in [0.25, 0.3) is 0 Å². The van der Waals surface area contributed by atoms with Crippen LogP contribution in [0.2, 0.25) is 0 Å². The second-order valence-electron chi connectivity index (χ2n) is 14.6. The number of phosphoric ester groups is 1. The summed E-state index contributed by atoms with van der Waals surface area (Å²) in [6.45, 7) is 3.09. The third-order valence-corrected chi connectivity index (χ3v) is 10.3. The second-order valence-corrected chi connectivity index (χ2v) is 16.1. The maximum absolute atomic E-state index is 12.6. The van der Waals surface area contributed by atoms with Crippen molar-refractivity contribution >= 4 is 25.7 Å². The van der Waals surface area contributed by atoms with Gasteiger partial charge in [-0.3, -0.25) is 23.4 Å². The summed E-state index contributed by atoms with van der Waals surface area (Å²) in [6, 6.07) is 0. The Morgan fingerprint density at radius 2 is 1.05 bits per heavy atom. The van der Waals surface area contributed by atoms with Crippen LogP contribution in [0.3, 0.4) is 0 Å². The first-order chi connectivity index (χ1) is 26.7. The Morgan fingerprint density at radius 1 is 0.600 bits per heavy atom. The van der Waals surface area contributed by atoms with E-state index in [4.69, 9.17) is 23.6 Å². The molecule has 0 fully saturated rings. The molecule has 0 radical (unpaired) electrons. The zero-order valence-electron chi connectivity index (χ0n) is 34.8. The van der Waals surface area contributed by atoms with Crippen LogP contribution in [0.4, 0.5) is 0 Å². The van der Waals surface area contributed by atoms with Gasteiger partial charge in [0.15, 0.2) is 6.10 Å². The van der Waals surface area contributed by atoms with E-state index in [0.717, 1.165) is 64.2 Å². The van der Waals surface area contributed by atoms with Gasteiger partial charge in [-0.15, -0.1) is 0 Å². The Balaban J connectivity index is 4.38. The van der Waals surface area contributed by atoms with Gasteiger partial charge in [0.1, 0.15) is 6.61 Å². The lowest BCUT2D eigenvalue weighted by Crippen LogP contribution is -2.30. The molecule has 1 unspecified atom stereocenters. The standard InChI is InChI=1S/C43H80NO10P/c1-3-5-7-9-11-13-15-17-19-21-23-25-27-29-31-33-42(47)51-38-40(39-53-55(49,50)52-36-35-44-37-41(45)46)54-43(48)34-32-30-28-26-24-22-20-18-16-14-12-10-8-6-4-2/h12,14,18,20,40,44H,3-11,13,15-17,19,21-39H2,1-2H3,(H,45,46)(H,49,50)/b14-12-,20-18-/t40-/m1/s1. The molecule has 0 aliphatic rings. The topological polar surface area (TPSA) is 158 Å². The van der Waals surface area contributed by atoms with Gasteiger partial charge < -0.3 is 24.8 Å². The van der Waals surface area contributed by atoms with Crippen molar-refractivity contribution in [1.82, 2.24) is 5.32 Å². The van der Waals surface area contributed by atoms with Crippen molar-refractivity contribution in [1.29, 1.82) is 0 Å². The lowest BCUT2D eigenvalue weighted by molar-refractivity contribution is -0.161. The van der Waals surface area contributed by atoms with Crippen molar-refractivity contribution in [3.63, 3.8) is 0 Å². The van der Waals surface area contributed by atoms with E-state index in [9.17, 15) is 23.8 Å². The third kappa shape index (κ3) is 41.4. The molecule has 322 valence electrons. The molecular formula is C43H80NO10P. The molecular weight excluding hydrogens is 721 g/mol. The molecule has 0 aromatic rings. The van der Waals surface area contributed by atoms with Crippen LogP contribution in [0.5, 0.6) is 0 Å². The number of allylic oxidation sites excluding steroid dienone is 4. The lowest BCUT2D eigenvalue weighted by Gasteiger charge is -2.20. The quantitative estimate of drug-likeness (QED) is 0.0233. The molecule has 0 heterocycles. The molecule has 0 aromatic heterocycles. The van der Waals surface area contributed by atoms with E-state index in [1.807, 2.05) is 0 Å². The molecule has 0 rings (SSSR count). The second kappa shape index (κ2) is 40.2. The fourth-order valence-electron chi connectivity index (χ4n) is 5.98. The number of rotatable bonds is 42. The molecule has 2 atom stereocenters. The summed E-state index contributed by atoms with van der Waals surface area (Å²) in [5.41, 5.74) is 0. The molecule has 0 aliphatic heterocycles. The number of carboxylic acids is 1. The van der Waals surface area contributed by atoms with Crippen molar-refractivity contribution in [2.45, 2.75) is 200 Å². The maximum Gasteiger partial charge on any atom is 0.472 e. The van der Waals surface area contributed by atoms with E-state index in [0.29, 0.717) is 12.8 Å². The highest BCUT2D eigenvalue weighted by Gasteiger charge is 2.26. The molecule has 0 spiro atoms. The molecule has 0 bridgehead atoms. The SMILES string of the molecule is CCCCC/C=C\C/C=C\CCCCCCCC(=O)O[C@H](COC(=O)CCCCCCCCCCCCCCCCC)COP(=O)(O)OCCNCC(=O)O. The van der Waals surface area contributed by atoms with Crippen LogP contribution in [0.15, 0.2) is 24.3 Å². The van der Waals surface area contributed by atoms with Crippen molar-refractivity contribution in [2.75, 3.05) is 32.9 Å². The Hall–Kier alpha value is -2.04. The van der Waals surface area contributed by atoms with Gasteiger partial charge >= 0.3 is 25.7 Å². The van der Waals surface area contributed by atoms with Gasteiger partial charge in [0.25, 0.3) is 0 Å². The number of carbonyl (C=O) groups excluding carboxylic acids is 2. The number of nitrogens with one attached hydrogen (secondary N) is 1. The monoisotopic (exact) mass is 802 g/mol. The van der Waals surface area contributed by atoms with Gasteiger partial charge in [-0.2, -0.15) is 0 Å². The Morgan fingerprint density at radius 3 is 1.58 bits per heavy atom. The third-order valence-electron chi connectivity index (χ3n) is 9.28. The van der Waals surface area contributed by atoms with Crippen LogP contribution in [0.1, 0.15) is 194 Å². The average Bonchev–Trinajstić information content (AvgIpc) is 3.15. The summed E-state index contributed by atoms with van der Waals surface area (Å²) in [5, 5.41) is 11.2. The van der Waals surface area contributed by atoms with E-state index in [-0.39, 0.29) is 39.1 Å². The number of phosphoric acid groups is 1. The van der Waals surface area contributed by atoms with E-state index >= 15 is 0 Å². The molecule has 12 heteroatoms. The Bertz CT molecular complexity index is 1020. The predicted octanol–water partition coefficient (Wildman–Crippen LogP) is 11.3. The number of hydrogen-bond acceptors (Lipinski definition) is 9. The number of aliphatic carboxylic acids is 1. The summed E-state index contributed by atoms with van der Waals surface area (Å²) in [6.07, 6.45) is 38.5. The van der Waals surface area contributed by atoms with E-state index in [1.165, 1.54) is 89.9 Å². The molecule has 0 saturated heterocycles. The Labute approximate surface area is 334 Å². The van der Waals surface area contributed by atoms with Gasteiger partial charge in [-0.25, -0.2) is 4.57 Å². The minimum atomic E-state index is -4.53. The van der Waals surface area contributed by atoms with Gasteiger partial charge in [-0.05, 0) is 44.9 Å². The van der Waals surface area contributed by atoms with Gasteiger partial charge in [-0.1, -0.05) is 160 Å². The van der Waals surface area contributed by atoms with Crippen molar-refractivity contribution in [2.24, 2.45) is 0 Å². The van der Waals surface area contributed by atoms with Crippen LogP contribution < -0.4 is 5.32 Å². The lowest BCUT2D eigenvalue weighted by atomic mass is 10.0. The summed E-state index contributed by atoms with van der Waals surface area (Å²) < 4.78 is 33.1. The molecule has 55 heavy (non-hydrogen) atoms. The average molecular weight is 802 g/mol. The molecule has 0 amide bonds. The Kier molecular flexibility index (Phi) is 38.7. The van der Waals surface area contributed by atoms with Gasteiger partial charge in [0, 0.05) is 19.4 Å². The van der Waals surface area contributed by atoms with Gasteiger partial charge in [0.2, 0.25) is 0 Å². The first-order valence-corrected chi connectivity index (χ1v) is 23.4. The molecule has 3 N–H and O–H groups in total. The summed E-state index contributed by atoms with van der Waals surface area (Å²) >= 11 is 0. The predicted molar refractivity (Wildman–Crippen MR) is 222 cm³/mol. The molecule has 0 aromatic carbocycles. The van der Waals surface area contributed by atoms with Gasteiger partial charge in [0.05, 0.1) is 19.8 Å². The molecule has 0 saturated carbocycles. The zero-order valence-corrected chi connectivity index (χ0v) is 35.7. The first-order valence-electron chi connectivity index (χ1n) is 21.9. The van der Waals surface area contributed by atoms with Crippen molar-refractivity contribution < 1.29 is 47.5 Å². The summed E-state index contributed by atoms with van der Waals surface area (Å²) in [4.78, 5) is 45.7. The highest BCUT2D eigenvalue weighted by molar-refractivity contribution is 7.47. The van der Waals surface area contributed by atoms with Crippen LogP contribution >= 0.6 is 7.82 Å². The van der Waals surface area contributed by atoms with Crippen LogP contribution in [-0.4, -0.2) is 66.9 Å². The van der Waals surface area contributed by atoms with E-state index in [2.05, 4.69) is 43.5 Å². The summed E-state index contributed by atoms with van der Waals surface area (Å²) in [5.74, 6) is -1.98. The number of esters is 2. The minimum absolute atomic E-state index is 0.0170. The van der Waals surface area contributed by atoms with E-state index < -0.39 is 38.4 Å². The number of carbonyl (C=O) groups is 3. The number of unbranched alkanes of at least 4 members (excludes halogenated alkanes) is 22. The smallest absolute Gasteiger partial charge is 0.472 e. The van der Waals surface area contributed by atoms with E-state index in [1.54, 1.807) is 0 Å². The van der Waals surface area contributed by atoms with Crippen molar-refractivity contribution in [3.05, 3.63) is 24.3 Å². The number of ether oxygens (including phenoxy) is 2. The van der Waals surface area contributed by atoms with Crippen LogP contribution in [-0.2, 0) is 37.5 Å². The van der Waals surface area contributed by atoms with Crippen molar-refractivity contribution in [3.8, 4) is 0 Å². The normalized spacial score (nSPS) is 13.4. The fourth-order valence-corrected chi connectivity index (χ4v) is 6.73. The summed E-state index contributed by atoms with van der Waals surface area (Å²) in [7, 11) is -4.53.